The maximum Gasteiger partial charge on any atom is 0.0965 e. The first-order chi connectivity index (χ1) is 6.77. The minimum atomic E-state index is 0.873. The zero-order valence-electron chi connectivity index (χ0n) is 8.23. The molecule has 70 valence electrons. The fourth-order valence-corrected chi connectivity index (χ4v) is 1.49. The van der Waals surface area contributed by atoms with Gasteiger partial charge in [0.1, 0.15) is 0 Å². The molecule has 0 N–H and O–H groups in total. The third-order valence-electron chi connectivity index (χ3n) is 2.16. The van der Waals surface area contributed by atoms with Gasteiger partial charge in [-0.15, -0.1) is 10.2 Å². The number of hydrogen-bond donors (Lipinski definition) is 0. The van der Waals surface area contributed by atoms with Crippen molar-refractivity contribution in [2.75, 3.05) is 0 Å². The van der Waals surface area contributed by atoms with Crippen molar-refractivity contribution in [2.24, 2.45) is 0 Å². The summed E-state index contributed by atoms with van der Waals surface area (Å²) in [7, 11) is 0. The van der Waals surface area contributed by atoms with E-state index < -0.39 is 0 Å². The molecule has 3 heteroatoms. The molecule has 3 nitrogen and oxygen atoms in total. The van der Waals surface area contributed by atoms with Crippen LogP contribution in [0.4, 0.5) is 0 Å². The van der Waals surface area contributed by atoms with E-state index in [0.29, 0.717) is 0 Å². The van der Waals surface area contributed by atoms with Crippen LogP contribution in [0.25, 0.3) is 11.3 Å². The monoisotopic (exact) mass is 185 g/mol. The molecule has 1 aromatic heterocycles. The first kappa shape index (κ1) is 8.81. The normalized spacial score (nSPS) is 10.1. The summed E-state index contributed by atoms with van der Waals surface area (Å²) in [6.45, 7) is 4.15. The lowest BCUT2D eigenvalue weighted by Gasteiger charge is -2.04. The molecule has 1 aromatic carbocycles. The van der Waals surface area contributed by atoms with Gasteiger partial charge in [0.25, 0.3) is 0 Å². The van der Waals surface area contributed by atoms with Crippen LogP contribution in [-0.4, -0.2) is 15.4 Å². The van der Waals surface area contributed by atoms with Gasteiger partial charge in [-0.25, -0.2) is 0 Å². The van der Waals surface area contributed by atoms with E-state index in [2.05, 4.69) is 47.5 Å². The Balaban J connectivity index is 2.53. The molecule has 0 fully saturated rings. The Kier molecular flexibility index (Phi) is 2.23. The van der Waals surface area contributed by atoms with Crippen LogP contribution in [0.1, 0.15) is 11.1 Å². The third-order valence-corrected chi connectivity index (χ3v) is 2.16. The average molecular weight is 185 g/mol. The number of hydrogen-bond acceptors (Lipinski definition) is 3. The number of nitrogens with zero attached hydrogens (tertiary/aromatic N) is 3. The van der Waals surface area contributed by atoms with Gasteiger partial charge >= 0.3 is 0 Å². The summed E-state index contributed by atoms with van der Waals surface area (Å²) in [6.07, 6.45) is 1.65. The molecule has 0 bridgehead atoms. The number of benzene rings is 1. The summed E-state index contributed by atoms with van der Waals surface area (Å²) in [5, 5.41) is 11.3. The topological polar surface area (TPSA) is 38.7 Å². The van der Waals surface area contributed by atoms with Gasteiger partial charge < -0.3 is 0 Å². The zero-order chi connectivity index (χ0) is 9.97. The quantitative estimate of drug-likeness (QED) is 0.683. The van der Waals surface area contributed by atoms with Crippen LogP contribution in [0.2, 0.25) is 0 Å². The molecule has 0 spiro atoms. The molecule has 2 rings (SSSR count). The van der Waals surface area contributed by atoms with Crippen LogP contribution >= 0.6 is 0 Å². The molecule has 0 atom stereocenters. The van der Waals surface area contributed by atoms with Crippen LogP contribution < -0.4 is 0 Å². The predicted molar refractivity (Wildman–Crippen MR) is 54.7 cm³/mol. The molecule has 0 unspecified atom stereocenters. The minimum Gasteiger partial charge on any atom is -0.139 e. The third kappa shape index (κ3) is 1.62. The SMILES string of the molecule is Cc1ccc(-c2ccnnn2)c(C)c1. The lowest BCUT2D eigenvalue weighted by Crippen LogP contribution is -1.91. The van der Waals surface area contributed by atoms with E-state index >= 15 is 0 Å². The van der Waals surface area contributed by atoms with Crippen LogP contribution in [0, 0.1) is 13.8 Å². The van der Waals surface area contributed by atoms with Crippen molar-refractivity contribution in [3.63, 3.8) is 0 Å². The molecule has 2 aromatic rings. The summed E-state index contributed by atoms with van der Waals surface area (Å²) in [6, 6.07) is 8.14. The van der Waals surface area contributed by atoms with Crippen LogP contribution in [0.5, 0.6) is 0 Å². The largest absolute Gasteiger partial charge is 0.139 e. The molecule has 0 radical (unpaired) electrons. The summed E-state index contributed by atoms with van der Waals surface area (Å²) >= 11 is 0. The second kappa shape index (κ2) is 3.54. The summed E-state index contributed by atoms with van der Waals surface area (Å²) in [5.74, 6) is 0. The first-order valence-corrected chi connectivity index (χ1v) is 4.49. The Morgan fingerprint density at radius 1 is 1.07 bits per heavy atom. The van der Waals surface area contributed by atoms with Crippen LogP contribution in [0.15, 0.2) is 30.5 Å². The van der Waals surface area contributed by atoms with E-state index in [9.17, 15) is 0 Å². The number of aromatic nitrogens is 3. The molecular weight excluding hydrogens is 174 g/mol. The lowest BCUT2D eigenvalue weighted by atomic mass is 10.0. The summed E-state index contributed by atoms with van der Waals surface area (Å²) in [4.78, 5) is 0. The van der Waals surface area contributed by atoms with E-state index in [-0.39, 0.29) is 0 Å². The molecular formula is C11H11N3. The molecule has 0 aliphatic carbocycles. The van der Waals surface area contributed by atoms with Crippen molar-refractivity contribution >= 4 is 0 Å². The standard InChI is InChI=1S/C11H11N3/c1-8-3-4-10(9(2)7-8)11-5-6-12-14-13-11/h3-7H,1-2H3. The van der Waals surface area contributed by atoms with Crippen molar-refractivity contribution < 1.29 is 0 Å². The van der Waals surface area contributed by atoms with Crippen LogP contribution in [0.3, 0.4) is 0 Å². The maximum atomic E-state index is 3.98. The first-order valence-electron chi connectivity index (χ1n) is 4.49. The Bertz CT molecular complexity index is 438. The van der Waals surface area contributed by atoms with E-state index in [0.717, 1.165) is 11.3 Å². The van der Waals surface area contributed by atoms with Crippen molar-refractivity contribution in [3.8, 4) is 11.3 Å². The lowest BCUT2D eigenvalue weighted by molar-refractivity contribution is 0.870. The highest BCUT2D eigenvalue weighted by Gasteiger charge is 2.02. The summed E-state index contributed by atoms with van der Waals surface area (Å²) in [5.41, 5.74) is 4.46. The van der Waals surface area contributed by atoms with E-state index in [4.69, 9.17) is 0 Å². The molecule has 0 aliphatic rings. The van der Waals surface area contributed by atoms with Gasteiger partial charge in [-0.2, -0.15) is 0 Å². The van der Waals surface area contributed by atoms with Crippen molar-refractivity contribution in [3.05, 3.63) is 41.6 Å². The van der Waals surface area contributed by atoms with Gasteiger partial charge in [-0.1, -0.05) is 23.8 Å². The fraction of sp³-hybridized carbons (Fsp3) is 0.182. The van der Waals surface area contributed by atoms with Gasteiger partial charge in [0, 0.05) is 5.56 Å². The van der Waals surface area contributed by atoms with Gasteiger partial charge in [0.15, 0.2) is 0 Å². The Morgan fingerprint density at radius 3 is 2.57 bits per heavy atom. The van der Waals surface area contributed by atoms with Gasteiger partial charge in [-0.05, 0) is 30.7 Å². The average Bonchev–Trinajstić information content (AvgIpc) is 2.19. The molecule has 0 aliphatic heterocycles. The predicted octanol–water partition coefficient (Wildman–Crippen LogP) is 2.16. The van der Waals surface area contributed by atoms with Crippen molar-refractivity contribution in [1.82, 2.24) is 15.4 Å². The molecule has 0 amide bonds. The number of aryl methyl sites for hydroxylation is 2. The second-order valence-electron chi connectivity index (χ2n) is 3.32. The second-order valence-corrected chi connectivity index (χ2v) is 3.32. The fourth-order valence-electron chi connectivity index (χ4n) is 1.49. The maximum absolute atomic E-state index is 3.98. The van der Waals surface area contributed by atoms with Crippen LogP contribution in [-0.2, 0) is 0 Å². The Morgan fingerprint density at radius 2 is 1.93 bits per heavy atom. The smallest absolute Gasteiger partial charge is 0.0965 e. The van der Waals surface area contributed by atoms with Crippen molar-refractivity contribution in [2.45, 2.75) is 13.8 Å². The molecule has 0 saturated carbocycles. The highest BCUT2D eigenvalue weighted by Crippen LogP contribution is 2.20. The molecule has 14 heavy (non-hydrogen) atoms. The molecule has 0 saturated heterocycles. The summed E-state index contributed by atoms with van der Waals surface area (Å²) < 4.78 is 0. The van der Waals surface area contributed by atoms with E-state index in [1.165, 1.54) is 11.1 Å². The Hall–Kier alpha value is -1.77. The highest BCUT2D eigenvalue weighted by molar-refractivity contribution is 5.62. The van der Waals surface area contributed by atoms with Crippen molar-refractivity contribution in [1.29, 1.82) is 0 Å². The number of rotatable bonds is 1. The van der Waals surface area contributed by atoms with Gasteiger partial charge in [0.05, 0.1) is 11.9 Å². The van der Waals surface area contributed by atoms with E-state index in [1.807, 2.05) is 6.07 Å². The van der Waals surface area contributed by atoms with E-state index in [1.54, 1.807) is 6.20 Å². The highest BCUT2D eigenvalue weighted by atomic mass is 15.3. The zero-order valence-corrected chi connectivity index (χ0v) is 8.23. The van der Waals surface area contributed by atoms with Gasteiger partial charge in [0.2, 0.25) is 0 Å². The Labute approximate surface area is 82.8 Å². The van der Waals surface area contributed by atoms with Gasteiger partial charge in [-0.3, -0.25) is 0 Å². The molecule has 1 heterocycles. The minimum absolute atomic E-state index is 0.873.